The van der Waals surface area contributed by atoms with E-state index in [0.717, 1.165) is 34.0 Å². The van der Waals surface area contributed by atoms with Gasteiger partial charge in [0.05, 0.1) is 12.8 Å². The van der Waals surface area contributed by atoms with Crippen molar-refractivity contribution in [3.8, 4) is 28.1 Å². The first-order valence-electron chi connectivity index (χ1n) is 9.89. The quantitative estimate of drug-likeness (QED) is 0.453. The van der Waals surface area contributed by atoms with Crippen LogP contribution in [0.4, 0.5) is 5.82 Å². The summed E-state index contributed by atoms with van der Waals surface area (Å²) in [5.41, 5.74) is 5.10. The minimum atomic E-state index is 0.136. The fourth-order valence-electron chi connectivity index (χ4n) is 3.36. The van der Waals surface area contributed by atoms with Gasteiger partial charge in [0, 0.05) is 35.6 Å². The molecule has 0 bridgehead atoms. The molecule has 1 atom stereocenters. The second-order valence-corrected chi connectivity index (χ2v) is 7.15. The molecule has 0 aliphatic carbocycles. The summed E-state index contributed by atoms with van der Waals surface area (Å²) in [6, 6.07) is 22.5. The van der Waals surface area contributed by atoms with Gasteiger partial charge in [0.1, 0.15) is 17.4 Å². The lowest BCUT2D eigenvalue weighted by atomic mass is 10.0. The number of aromatic nitrogens is 3. The molecule has 1 N–H and O–H groups in total. The Hall–Kier alpha value is -3.73. The number of benzene rings is 2. The number of nitrogens with zero attached hydrogens (tertiary/aromatic N) is 3. The largest absolute Gasteiger partial charge is 0.497 e. The zero-order valence-corrected chi connectivity index (χ0v) is 17.3. The highest BCUT2D eigenvalue weighted by molar-refractivity contribution is 5.71. The van der Waals surface area contributed by atoms with E-state index in [1.165, 1.54) is 5.56 Å². The second-order valence-electron chi connectivity index (χ2n) is 7.15. The van der Waals surface area contributed by atoms with Crippen LogP contribution in [0.15, 0.2) is 79.1 Å². The van der Waals surface area contributed by atoms with Crippen molar-refractivity contribution in [3.63, 3.8) is 0 Å². The van der Waals surface area contributed by atoms with Crippen molar-refractivity contribution in [2.45, 2.75) is 19.9 Å². The predicted molar refractivity (Wildman–Crippen MR) is 120 cm³/mol. The summed E-state index contributed by atoms with van der Waals surface area (Å²) in [5.74, 6) is 2.34. The summed E-state index contributed by atoms with van der Waals surface area (Å²) in [4.78, 5) is 13.6. The van der Waals surface area contributed by atoms with Crippen molar-refractivity contribution in [3.05, 3.63) is 90.5 Å². The molecule has 5 nitrogen and oxygen atoms in total. The van der Waals surface area contributed by atoms with E-state index < -0.39 is 0 Å². The molecule has 2 aromatic carbocycles. The highest BCUT2D eigenvalue weighted by Gasteiger charge is 2.10. The summed E-state index contributed by atoms with van der Waals surface area (Å²) in [6.45, 7) is 4.03. The number of pyridine rings is 1. The van der Waals surface area contributed by atoms with Crippen LogP contribution < -0.4 is 10.1 Å². The minimum absolute atomic E-state index is 0.136. The molecule has 1 unspecified atom stereocenters. The number of nitrogens with one attached hydrogen (secondary N) is 1. The van der Waals surface area contributed by atoms with Crippen LogP contribution in [-0.4, -0.2) is 22.1 Å². The maximum atomic E-state index is 5.25. The Morgan fingerprint density at radius 3 is 2.30 bits per heavy atom. The number of aryl methyl sites for hydroxylation is 1. The first-order valence-corrected chi connectivity index (χ1v) is 9.89. The van der Waals surface area contributed by atoms with E-state index in [1.54, 1.807) is 7.11 Å². The molecule has 2 heterocycles. The van der Waals surface area contributed by atoms with Crippen molar-refractivity contribution < 1.29 is 4.74 Å². The first-order chi connectivity index (χ1) is 14.6. The lowest BCUT2D eigenvalue weighted by Gasteiger charge is -2.16. The molecule has 150 valence electrons. The molecule has 0 radical (unpaired) electrons. The highest BCUT2D eigenvalue weighted by Crippen LogP contribution is 2.27. The van der Waals surface area contributed by atoms with Crippen LogP contribution in [0.3, 0.4) is 0 Å². The van der Waals surface area contributed by atoms with Gasteiger partial charge in [0.25, 0.3) is 0 Å². The van der Waals surface area contributed by atoms with E-state index in [4.69, 9.17) is 4.74 Å². The molecule has 4 aromatic rings. The molecule has 0 spiro atoms. The second kappa shape index (κ2) is 8.74. The summed E-state index contributed by atoms with van der Waals surface area (Å²) in [5, 5.41) is 3.48. The van der Waals surface area contributed by atoms with E-state index in [2.05, 4.69) is 45.4 Å². The molecule has 0 aliphatic rings. The Morgan fingerprint density at radius 2 is 1.57 bits per heavy atom. The molecule has 0 aliphatic heterocycles. The lowest BCUT2D eigenvalue weighted by Crippen LogP contribution is -2.09. The van der Waals surface area contributed by atoms with Crippen LogP contribution in [0.2, 0.25) is 0 Å². The molecule has 2 aromatic heterocycles. The predicted octanol–water partition coefficient (Wildman–Crippen LogP) is 5.70. The standard InChI is InChI=1S/C25H24N4O/c1-17(19-7-5-4-6-8-19)27-25-14-24(28-18(2)29-25)22-13-21(15-26-16-22)20-9-11-23(30-3)12-10-20/h4-17H,1-3H3,(H,27,28,29). The SMILES string of the molecule is COc1ccc(-c2cncc(-c3cc(NC(C)c4ccccc4)nc(C)n3)c2)cc1. The van der Waals surface area contributed by atoms with Crippen LogP contribution in [-0.2, 0) is 0 Å². The topological polar surface area (TPSA) is 59.9 Å². The Balaban J connectivity index is 1.62. The zero-order valence-electron chi connectivity index (χ0n) is 17.3. The van der Waals surface area contributed by atoms with Crippen LogP contribution in [0.1, 0.15) is 24.4 Å². The third-order valence-electron chi connectivity index (χ3n) is 4.96. The highest BCUT2D eigenvalue weighted by atomic mass is 16.5. The van der Waals surface area contributed by atoms with Crippen LogP contribution in [0.5, 0.6) is 5.75 Å². The molecule has 30 heavy (non-hydrogen) atoms. The molecule has 0 saturated heterocycles. The fourth-order valence-corrected chi connectivity index (χ4v) is 3.36. The van der Waals surface area contributed by atoms with Crippen LogP contribution in [0, 0.1) is 6.92 Å². The first kappa shape index (κ1) is 19.6. The maximum absolute atomic E-state index is 5.25. The van der Waals surface area contributed by atoms with Gasteiger partial charge in [-0.2, -0.15) is 0 Å². The van der Waals surface area contributed by atoms with E-state index >= 15 is 0 Å². The number of rotatable bonds is 6. The summed E-state index contributed by atoms with van der Waals surface area (Å²) < 4.78 is 5.25. The number of methoxy groups -OCH3 is 1. The molecule has 0 fully saturated rings. The van der Waals surface area contributed by atoms with Gasteiger partial charge >= 0.3 is 0 Å². The van der Waals surface area contributed by atoms with Gasteiger partial charge in [-0.25, -0.2) is 9.97 Å². The van der Waals surface area contributed by atoms with Gasteiger partial charge in [-0.3, -0.25) is 4.98 Å². The Labute approximate surface area is 176 Å². The molecular weight excluding hydrogens is 372 g/mol. The van der Waals surface area contributed by atoms with Gasteiger partial charge in [-0.15, -0.1) is 0 Å². The van der Waals surface area contributed by atoms with Gasteiger partial charge < -0.3 is 10.1 Å². The van der Waals surface area contributed by atoms with E-state index in [0.29, 0.717) is 5.82 Å². The van der Waals surface area contributed by atoms with Crippen LogP contribution >= 0.6 is 0 Å². The molecule has 5 heteroatoms. The lowest BCUT2D eigenvalue weighted by molar-refractivity contribution is 0.415. The smallest absolute Gasteiger partial charge is 0.130 e. The van der Waals surface area contributed by atoms with Crippen molar-refractivity contribution in [2.75, 3.05) is 12.4 Å². The molecule has 0 saturated carbocycles. The van der Waals surface area contributed by atoms with Crippen molar-refractivity contribution in [1.82, 2.24) is 15.0 Å². The minimum Gasteiger partial charge on any atom is -0.497 e. The van der Waals surface area contributed by atoms with Crippen molar-refractivity contribution in [1.29, 1.82) is 0 Å². The average molecular weight is 396 g/mol. The number of hydrogen-bond acceptors (Lipinski definition) is 5. The summed E-state index contributed by atoms with van der Waals surface area (Å²) in [7, 11) is 1.67. The third-order valence-corrected chi connectivity index (χ3v) is 4.96. The number of hydrogen-bond donors (Lipinski definition) is 1. The van der Waals surface area contributed by atoms with Gasteiger partial charge in [0.15, 0.2) is 0 Å². The summed E-state index contributed by atoms with van der Waals surface area (Å²) >= 11 is 0. The normalized spacial score (nSPS) is 11.7. The monoisotopic (exact) mass is 396 g/mol. The maximum Gasteiger partial charge on any atom is 0.130 e. The van der Waals surface area contributed by atoms with Gasteiger partial charge in [-0.1, -0.05) is 42.5 Å². The van der Waals surface area contributed by atoms with E-state index in [-0.39, 0.29) is 6.04 Å². The van der Waals surface area contributed by atoms with Gasteiger partial charge in [0.2, 0.25) is 0 Å². The number of ether oxygens (including phenoxy) is 1. The molecule has 4 rings (SSSR count). The zero-order chi connectivity index (χ0) is 20.9. The van der Waals surface area contributed by atoms with E-state index in [1.807, 2.05) is 67.8 Å². The van der Waals surface area contributed by atoms with Crippen molar-refractivity contribution >= 4 is 5.82 Å². The molecular formula is C25H24N4O. The average Bonchev–Trinajstić information content (AvgIpc) is 2.79. The molecule has 0 amide bonds. The Bertz CT molecular complexity index is 1130. The van der Waals surface area contributed by atoms with E-state index in [9.17, 15) is 0 Å². The van der Waals surface area contributed by atoms with Gasteiger partial charge in [-0.05, 0) is 43.2 Å². The van der Waals surface area contributed by atoms with Crippen molar-refractivity contribution in [2.24, 2.45) is 0 Å². The summed E-state index contributed by atoms with van der Waals surface area (Å²) in [6.07, 6.45) is 3.69. The Morgan fingerprint density at radius 1 is 0.833 bits per heavy atom. The fraction of sp³-hybridized carbons (Fsp3) is 0.160. The Kier molecular flexibility index (Phi) is 5.70. The third kappa shape index (κ3) is 4.46. The number of anilines is 1. The van der Waals surface area contributed by atoms with Crippen LogP contribution in [0.25, 0.3) is 22.4 Å².